The Kier molecular flexibility index (Phi) is 9.99. The van der Waals surface area contributed by atoms with Crippen LogP contribution in [0.5, 0.6) is 11.5 Å². The first-order valence-electron chi connectivity index (χ1n) is 13.8. The molecule has 3 nitrogen and oxygen atoms in total. The number of aromatic hydroxyl groups is 2. The van der Waals surface area contributed by atoms with Crippen LogP contribution in [0.15, 0.2) is 72.8 Å². The molecule has 39 heavy (non-hydrogen) atoms. The van der Waals surface area contributed by atoms with Crippen LogP contribution in [0.25, 0.3) is 0 Å². The van der Waals surface area contributed by atoms with Gasteiger partial charge in [-0.25, -0.2) is 0 Å². The lowest BCUT2D eigenvalue weighted by atomic mass is 9.93. The Hall–Kier alpha value is -3.56. The molecule has 3 N–H and O–H groups in total. The summed E-state index contributed by atoms with van der Waals surface area (Å²) in [5.74, 6) is 1.59. The zero-order chi connectivity index (χ0) is 28.9. The van der Waals surface area contributed by atoms with E-state index in [1.165, 1.54) is 16.7 Å². The number of hydrogen-bond donors (Lipinski definition) is 3. The minimum Gasteiger partial charge on any atom is -0.508 e. The number of aliphatic hydroxyl groups is 1. The topological polar surface area (TPSA) is 60.7 Å². The number of phenols is 2. The lowest BCUT2D eigenvalue weighted by molar-refractivity contribution is 0.214. The van der Waals surface area contributed by atoms with Crippen molar-refractivity contribution in [2.75, 3.05) is 0 Å². The SMILES string of the molecule is Cc1cc(C)c(C(O)c2ccc(C(C)C)cc2)c(O)c1.Cc1cc(C)c(Cc2ccc(C(C)C)cc2)c(O)c1. The van der Waals surface area contributed by atoms with E-state index in [0.717, 1.165) is 39.8 Å². The predicted octanol–water partition coefficient (Wildman–Crippen LogP) is 8.94. The van der Waals surface area contributed by atoms with Crippen LogP contribution < -0.4 is 0 Å². The van der Waals surface area contributed by atoms with Gasteiger partial charge in [-0.3, -0.25) is 0 Å². The molecular weight excluding hydrogens is 480 g/mol. The monoisotopic (exact) mass is 524 g/mol. The molecule has 0 aliphatic rings. The summed E-state index contributed by atoms with van der Waals surface area (Å²) in [5.41, 5.74) is 10.4. The summed E-state index contributed by atoms with van der Waals surface area (Å²) in [4.78, 5) is 0. The lowest BCUT2D eigenvalue weighted by Crippen LogP contribution is -2.03. The van der Waals surface area contributed by atoms with E-state index in [0.29, 0.717) is 23.1 Å². The van der Waals surface area contributed by atoms with Crippen molar-refractivity contribution in [1.29, 1.82) is 0 Å². The van der Waals surface area contributed by atoms with Crippen LogP contribution in [0.3, 0.4) is 0 Å². The average Bonchev–Trinajstić information content (AvgIpc) is 2.86. The fourth-order valence-corrected chi connectivity index (χ4v) is 4.97. The fourth-order valence-electron chi connectivity index (χ4n) is 4.97. The Morgan fingerprint density at radius 1 is 0.564 bits per heavy atom. The molecule has 0 aromatic heterocycles. The van der Waals surface area contributed by atoms with Crippen molar-refractivity contribution >= 4 is 0 Å². The fraction of sp³-hybridized carbons (Fsp3) is 0.333. The molecule has 0 spiro atoms. The molecule has 0 aliphatic heterocycles. The molecule has 1 atom stereocenters. The van der Waals surface area contributed by atoms with Crippen molar-refractivity contribution in [3.63, 3.8) is 0 Å². The van der Waals surface area contributed by atoms with Gasteiger partial charge in [-0.1, -0.05) is 88.4 Å². The van der Waals surface area contributed by atoms with Crippen LogP contribution >= 0.6 is 0 Å². The highest BCUT2D eigenvalue weighted by atomic mass is 16.3. The van der Waals surface area contributed by atoms with Gasteiger partial charge >= 0.3 is 0 Å². The first-order valence-corrected chi connectivity index (χ1v) is 13.8. The first-order chi connectivity index (χ1) is 18.4. The first kappa shape index (κ1) is 30.0. The van der Waals surface area contributed by atoms with Gasteiger partial charge in [0.05, 0.1) is 0 Å². The molecule has 4 aromatic carbocycles. The maximum atomic E-state index is 10.5. The van der Waals surface area contributed by atoms with Crippen molar-refractivity contribution < 1.29 is 15.3 Å². The summed E-state index contributed by atoms with van der Waals surface area (Å²) in [6, 6.07) is 24.2. The van der Waals surface area contributed by atoms with E-state index < -0.39 is 6.10 Å². The second-order valence-electron chi connectivity index (χ2n) is 11.4. The van der Waals surface area contributed by atoms with Gasteiger partial charge in [0.15, 0.2) is 0 Å². The minimum absolute atomic E-state index is 0.155. The Morgan fingerprint density at radius 3 is 1.46 bits per heavy atom. The van der Waals surface area contributed by atoms with E-state index in [1.807, 2.05) is 57.2 Å². The number of benzene rings is 4. The summed E-state index contributed by atoms with van der Waals surface area (Å²) >= 11 is 0. The summed E-state index contributed by atoms with van der Waals surface area (Å²) in [5, 5.41) is 30.7. The van der Waals surface area contributed by atoms with Crippen molar-refractivity contribution in [2.24, 2.45) is 0 Å². The van der Waals surface area contributed by atoms with Gasteiger partial charge in [0.25, 0.3) is 0 Å². The summed E-state index contributed by atoms with van der Waals surface area (Å²) < 4.78 is 0. The quantitative estimate of drug-likeness (QED) is 0.236. The third-order valence-electron chi connectivity index (χ3n) is 7.32. The number of rotatable bonds is 6. The van der Waals surface area contributed by atoms with Gasteiger partial charge < -0.3 is 15.3 Å². The van der Waals surface area contributed by atoms with Crippen molar-refractivity contribution in [1.82, 2.24) is 0 Å². The Labute approximate surface area is 234 Å². The van der Waals surface area contributed by atoms with E-state index in [4.69, 9.17) is 0 Å². The third-order valence-corrected chi connectivity index (χ3v) is 7.32. The van der Waals surface area contributed by atoms with Crippen LogP contribution in [-0.2, 0) is 6.42 Å². The highest BCUT2D eigenvalue weighted by Gasteiger charge is 2.18. The molecule has 0 saturated carbocycles. The maximum Gasteiger partial charge on any atom is 0.122 e. The molecule has 0 saturated heterocycles. The van der Waals surface area contributed by atoms with Crippen LogP contribution in [0.4, 0.5) is 0 Å². The number of aliphatic hydroxyl groups excluding tert-OH is 1. The molecule has 0 aliphatic carbocycles. The molecule has 4 rings (SSSR count). The highest BCUT2D eigenvalue weighted by Crippen LogP contribution is 2.33. The molecule has 1 unspecified atom stereocenters. The number of phenolic OH excluding ortho intramolecular Hbond substituents is 2. The Bertz CT molecular complexity index is 1330. The smallest absolute Gasteiger partial charge is 0.122 e. The second kappa shape index (κ2) is 13.0. The average molecular weight is 525 g/mol. The van der Waals surface area contributed by atoms with E-state index in [9.17, 15) is 15.3 Å². The van der Waals surface area contributed by atoms with E-state index in [2.05, 4.69) is 65.0 Å². The third kappa shape index (κ3) is 7.74. The number of hydrogen-bond acceptors (Lipinski definition) is 3. The van der Waals surface area contributed by atoms with Crippen molar-refractivity contribution in [3.05, 3.63) is 128 Å². The van der Waals surface area contributed by atoms with Crippen LogP contribution in [0.2, 0.25) is 0 Å². The lowest BCUT2D eigenvalue weighted by Gasteiger charge is -2.17. The minimum atomic E-state index is -0.795. The molecule has 0 bridgehead atoms. The zero-order valence-corrected chi connectivity index (χ0v) is 24.7. The highest BCUT2D eigenvalue weighted by molar-refractivity contribution is 5.47. The van der Waals surface area contributed by atoms with Gasteiger partial charge in [-0.2, -0.15) is 0 Å². The van der Waals surface area contributed by atoms with Gasteiger partial charge in [0, 0.05) is 17.5 Å². The molecule has 0 radical (unpaired) electrons. The second-order valence-corrected chi connectivity index (χ2v) is 11.4. The molecule has 0 heterocycles. The van der Waals surface area contributed by atoms with Crippen molar-refractivity contribution in [3.8, 4) is 11.5 Å². The molecule has 206 valence electrons. The number of aryl methyl sites for hydroxylation is 4. The van der Waals surface area contributed by atoms with Crippen LogP contribution in [-0.4, -0.2) is 15.3 Å². The van der Waals surface area contributed by atoms with E-state index >= 15 is 0 Å². The summed E-state index contributed by atoms with van der Waals surface area (Å²) in [7, 11) is 0. The zero-order valence-electron chi connectivity index (χ0n) is 24.7. The maximum absolute atomic E-state index is 10.5. The summed E-state index contributed by atoms with van der Waals surface area (Å²) in [6.07, 6.45) is -0.00660. The molecule has 4 aromatic rings. The Balaban J connectivity index is 0.000000216. The largest absolute Gasteiger partial charge is 0.508 e. The molecule has 0 fully saturated rings. The normalized spacial score (nSPS) is 11.9. The summed E-state index contributed by atoms with van der Waals surface area (Å²) in [6.45, 7) is 16.6. The van der Waals surface area contributed by atoms with Crippen LogP contribution in [0.1, 0.15) is 101 Å². The molecular formula is C36H44O3. The van der Waals surface area contributed by atoms with E-state index in [1.54, 1.807) is 6.07 Å². The standard InChI is InChI=1S/C18H22O2.C18H22O/c1-11(2)14-5-7-15(8-6-14)18(20)17-13(4)9-12(3)10-16(17)19;1-12(2)16-7-5-15(6-8-16)11-17-14(4)9-13(3)10-18(17)19/h5-11,18-20H,1-4H3;5-10,12,19H,11H2,1-4H3. The van der Waals surface area contributed by atoms with E-state index in [-0.39, 0.29) is 5.75 Å². The van der Waals surface area contributed by atoms with Crippen LogP contribution in [0, 0.1) is 27.7 Å². The molecule has 0 amide bonds. The predicted molar refractivity (Wildman–Crippen MR) is 163 cm³/mol. The van der Waals surface area contributed by atoms with Gasteiger partial charge in [-0.05, 0) is 96.2 Å². The van der Waals surface area contributed by atoms with Gasteiger partial charge in [-0.15, -0.1) is 0 Å². The van der Waals surface area contributed by atoms with Crippen molar-refractivity contribution in [2.45, 2.75) is 79.8 Å². The Morgan fingerprint density at radius 2 is 1.00 bits per heavy atom. The van der Waals surface area contributed by atoms with Gasteiger partial charge in [0.2, 0.25) is 0 Å². The molecule has 3 heteroatoms. The van der Waals surface area contributed by atoms with Gasteiger partial charge in [0.1, 0.15) is 17.6 Å².